The van der Waals surface area contributed by atoms with Crippen LogP contribution in [0.25, 0.3) is 16.9 Å². The molecule has 2 aliphatic heterocycles. The van der Waals surface area contributed by atoms with Crippen molar-refractivity contribution in [2.45, 2.75) is 141 Å². The SMILES string of the molecule is C=C/C1=C\CNCCCCCC(=O)NC(Cc2ccc(S(=O)(=O)O)s2)C(=O)NCCCCC(C(=O)NCCCCCC(=O)O)NC(=O)C(Cc2ccc(S(=O)(=O)O)s2)NC(=O)CCCCCOc2ccc(cc2S(=O)(=O)O)-c2cnc1o2. The largest absolute Gasteiger partial charge is 0.492 e. The lowest BCUT2D eigenvalue weighted by atomic mass is 10.1. The van der Waals surface area contributed by atoms with Gasteiger partial charge in [0, 0.05) is 72.6 Å². The summed E-state index contributed by atoms with van der Waals surface area (Å²) in [6.07, 6.45) is 8.69. The highest BCUT2D eigenvalue weighted by atomic mass is 32.3. The number of carbonyl (C=O) groups is 6. The standard InChI is InChI=1S/C52H69N7O18S5/c1-2-34-24-28-53-25-10-3-6-15-44(60)57-39(31-36-19-22-47(78-36)81(70,71)72)50(65)55-27-12-9-14-38(49(64)54-26-11-4-8-17-46(62)63)59-51(66)40(32-37-20-23-48(79-37)82(73,74)75)58-45(61)16-7-5-13-29-76-41-21-18-35(30-43(41)80(67,68)69)42-33-56-52(34)77-42/h2,18-24,30,33,38-40,53H,1,3-17,25-29,31-32H2,(H,54,64)(H,55,65)(H,57,60)(H,58,61)(H,59,66)(H,62,63)(H,67,68,69)(H,70,71,72)(H,73,74,75)/b34-24+. The number of unbranched alkanes of at least 4 members (excludes halogenated alkanes) is 2. The second-order valence-corrected chi connectivity index (χ2v) is 26.1. The summed E-state index contributed by atoms with van der Waals surface area (Å²) < 4.78 is 113. The van der Waals surface area contributed by atoms with Gasteiger partial charge >= 0.3 is 26.2 Å². The smallest absolute Gasteiger partial charge is 0.304 e. The molecule has 3 atom stereocenters. The lowest BCUT2D eigenvalue weighted by Gasteiger charge is -2.23. The minimum Gasteiger partial charge on any atom is -0.492 e. The van der Waals surface area contributed by atoms with Crippen LogP contribution in [0, 0.1) is 0 Å². The van der Waals surface area contributed by atoms with Crippen molar-refractivity contribution < 1.29 is 81.9 Å². The van der Waals surface area contributed by atoms with Crippen molar-refractivity contribution in [3.63, 3.8) is 0 Å². The molecule has 10 N–H and O–H groups in total. The molecule has 0 fully saturated rings. The number of benzene rings is 1. The number of aromatic nitrogens is 1. The number of nitrogens with one attached hydrogen (secondary N) is 6. The summed E-state index contributed by atoms with van der Waals surface area (Å²) in [5.74, 6) is -3.80. The molecule has 4 bridgehead atoms. The van der Waals surface area contributed by atoms with E-state index in [1.807, 2.05) is 0 Å². The third-order valence-corrected chi connectivity index (χ3v) is 18.4. The van der Waals surface area contributed by atoms with Crippen LogP contribution in [0.1, 0.15) is 112 Å². The van der Waals surface area contributed by atoms with Gasteiger partial charge in [0.15, 0.2) is 5.76 Å². The Hall–Kier alpha value is -6.38. The first-order valence-corrected chi connectivity index (χ1v) is 32.4. The van der Waals surface area contributed by atoms with Crippen LogP contribution in [0.2, 0.25) is 0 Å². The van der Waals surface area contributed by atoms with Gasteiger partial charge < -0.3 is 46.2 Å². The molecule has 0 aliphatic carbocycles. The van der Waals surface area contributed by atoms with Gasteiger partial charge in [-0.05, 0) is 113 Å². The Labute approximate surface area is 483 Å². The van der Waals surface area contributed by atoms with Gasteiger partial charge in [-0.15, -0.1) is 22.7 Å². The minimum absolute atomic E-state index is 0.00901. The Kier molecular flexibility index (Phi) is 26.3. The molecule has 3 aromatic heterocycles. The number of nitrogens with zero attached hydrogens (tertiary/aromatic N) is 1. The van der Waals surface area contributed by atoms with Gasteiger partial charge in [0.2, 0.25) is 35.4 Å². The molecule has 2 aliphatic rings. The number of carboxylic acid groups (broad SMARTS) is 1. The summed E-state index contributed by atoms with van der Waals surface area (Å²) in [5, 5.41) is 25.9. The van der Waals surface area contributed by atoms with E-state index < -0.39 is 93.1 Å². The number of carboxylic acids is 1. The maximum absolute atomic E-state index is 14.2. The van der Waals surface area contributed by atoms with Crippen LogP contribution < -0.4 is 36.6 Å². The molecule has 3 unspecified atom stereocenters. The molecule has 0 spiro atoms. The summed E-state index contributed by atoms with van der Waals surface area (Å²) in [7, 11) is -14.0. The Morgan fingerprint density at radius 3 is 1.95 bits per heavy atom. The molecule has 4 aromatic rings. The van der Waals surface area contributed by atoms with Crippen LogP contribution in [-0.2, 0) is 72.0 Å². The van der Waals surface area contributed by atoms with E-state index in [2.05, 4.69) is 43.5 Å². The van der Waals surface area contributed by atoms with E-state index in [0.29, 0.717) is 86.2 Å². The number of amides is 5. The predicted molar refractivity (Wildman–Crippen MR) is 303 cm³/mol. The lowest BCUT2D eigenvalue weighted by Crippen LogP contribution is -2.54. The molecule has 30 heteroatoms. The van der Waals surface area contributed by atoms with Gasteiger partial charge in [-0.1, -0.05) is 31.6 Å². The molecule has 0 saturated carbocycles. The Bertz CT molecular complexity index is 3230. The molecule has 0 radical (unpaired) electrons. The fraction of sp³-hybridized carbons (Fsp3) is 0.481. The Balaban J connectivity index is 1.36. The Morgan fingerprint density at radius 1 is 0.732 bits per heavy atom. The number of ether oxygens (including phenoxy) is 1. The van der Waals surface area contributed by atoms with E-state index in [4.69, 9.17) is 14.3 Å². The van der Waals surface area contributed by atoms with Crippen molar-refractivity contribution >= 4 is 94.1 Å². The Morgan fingerprint density at radius 2 is 1.35 bits per heavy atom. The number of carbonyl (C=O) groups excluding carboxylic acids is 5. The molecule has 1 aromatic carbocycles. The molecule has 450 valence electrons. The minimum atomic E-state index is -4.80. The van der Waals surface area contributed by atoms with Gasteiger partial charge in [-0.2, -0.15) is 25.3 Å². The van der Waals surface area contributed by atoms with E-state index in [1.54, 1.807) is 6.08 Å². The van der Waals surface area contributed by atoms with Gasteiger partial charge in [0.25, 0.3) is 10.1 Å². The average Bonchev–Trinajstić information content (AvgIpc) is 4.14. The first-order valence-electron chi connectivity index (χ1n) is 26.4. The van der Waals surface area contributed by atoms with Crippen molar-refractivity contribution in [1.29, 1.82) is 0 Å². The number of hydrogen-bond donors (Lipinski definition) is 10. The molecule has 5 heterocycles. The molecule has 82 heavy (non-hydrogen) atoms. The van der Waals surface area contributed by atoms with Crippen LogP contribution in [0.5, 0.6) is 5.75 Å². The van der Waals surface area contributed by atoms with Crippen molar-refractivity contribution in [3.8, 4) is 17.1 Å². The van der Waals surface area contributed by atoms with E-state index in [1.165, 1.54) is 48.7 Å². The van der Waals surface area contributed by atoms with Crippen molar-refractivity contribution in [2.24, 2.45) is 0 Å². The number of thiophene rings is 2. The molecular formula is C52H69N7O18S5. The van der Waals surface area contributed by atoms with Gasteiger partial charge in [-0.25, -0.2) is 4.98 Å². The van der Waals surface area contributed by atoms with E-state index in [9.17, 15) is 67.7 Å². The van der Waals surface area contributed by atoms with Gasteiger partial charge in [0.1, 0.15) is 37.2 Å². The third kappa shape index (κ3) is 22.8. The topological polar surface area (TPSA) is 393 Å². The highest BCUT2D eigenvalue weighted by molar-refractivity contribution is 7.88. The van der Waals surface area contributed by atoms with E-state index in [-0.39, 0.29) is 110 Å². The first kappa shape index (κ1) is 66.4. The summed E-state index contributed by atoms with van der Waals surface area (Å²) in [4.78, 5) is 83.8. The lowest BCUT2D eigenvalue weighted by molar-refractivity contribution is -0.137. The zero-order valence-electron chi connectivity index (χ0n) is 44.8. The molecular weight excluding hydrogens is 1170 g/mol. The maximum Gasteiger partial charge on any atom is 0.304 e. The van der Waals surface area contributed by atoms with Gasteiger partial charge in [0.05, 0.1) is 12.8 Å². The average molecular weight is 1240 g/mol. The highest BCUT2D eigenvalue weighted by Crippen LogP contribution is 2.32. The number of hydrogen-bond acceptors (Lipinski definition) is 18. The van der Waals surface area contributed by atoms with Crippen molar-refractivity contribution in [1.82, 2.24) is 36.9 Å². The van der Waals surface area contributed by atoms with Crippen LogP contribution in [0.15, 0.2) is 85.1 Å². The summed E-state index contributed by atoms with van der Waals surface area (Å²) >= 11 is 1.40. The number of fused-ring (bicyclic) bond motifs is 30. The van der Waals surface area contributed by atoms with Gasteiger partial charge in [-0.3, -0.25) is 42.4 Å². The summed E-state index contributed by atoms with van der Waals surface area (Å²) in [5.41, 5.74) is 0.797. The number of aliphatic carboxylic acids is 1. The van der Waals surface area contributed by atoms with Crippen LogP contribution in [-0.4, -0.2) is 135 Å². The quantitative estimate of drug-likeness (QED) is 0.0561. The molecule has 25 nitrogen and oxygen atoms in total. The number of oxazole rings is 1. The highest BCUT2D eigenvalue weighted by Gasteiger charge is 2.29. The molecule has 0 saturated heterocycles. The number of rotatable bonds is 15. The maximum atomic E-state index is 14.2. The predicted octanol–water partition coefficient (Wildman–Crippen LogP) is 4.86. The van der Waals surface area contributed by atoms with Crippen LogP contribution in [0.4, 0.5) is 0 Å². The monoisotopic (exact) mass is 1240 g/mol. The summed E-state index contributed by atoms with van der Waals surface area (Å²) in [6, 6.07) is 5.42. The fourth-order valence-corrected chi connectivity index (χ4v) is 12.5. The van der Waals surface area contributed by atoms with Crippen LogP contribution >= 0.6 is 22.7 Å². The normalized spacial score (nSPS) is 19.6. The fourth-order valence-electron chi connectivity index (χ4n) is 8.35. The van der Waals surface area contributed by atoms with E-state index >= 15 is 0 Å². The van der Waals surface area contributed by atoms with Crippen LogP contribution in [0.3, 0.4) is 0 Å². The third-order valence-electron chi connectivity index (χ3n) is 12.6. The number of allylic oxidation sites excluding steroid dienone is 2. The van der Waals surface area contributed by atoms with E-state index in [0.717, 1.165) is 17.4 Å². The zero-order chi connectivity index (χ0) is 59.9. The van der Waals surface area contributed by atoms with Crippen molar-refractivity contribution in [2.75, 3.05) is 32.8 Å². The zero-order valence-corrected chi connectivity index (χ0v) is 48.8. The van der Waals surface area contributed by atoms with Crippen molar-refractivity contribution in [3.05, 3.63) is 83.0 Å². The second-order valence-electron chi connectivity index (χ2n) is 19.1. The second kappa shape index (κ2) is 32.5. The molecule has 6 rings (SSSR count). The molecule has 5 amide bonds. The summed E-state index contributed by atoms with van der Waals surface area (Å²) in [6.45, 7) is 4.93. The first-order chi connectivity index (χ1) is 38.9.